The van der Waals surface area contributed by atoms with E-state index in [2.05, 4.69) is 13.8 Å². The van der Waals surface area contributed by atoms with E-state index in [1.807, 2.05) is 0 Å². The fourth-order valence-electron chi connectivity index (χ4n) is 10.2. The molecule has 4 N–H and O–H groups in total. The third-order valence-electron chi connectivity index (χ3n) is 15.0. The number of hydrogen-bond acceptors (Lipinski definition) is 9. The highest BCUT2D eigenvalue weighted by Gasteiger charge is 2.44. The molecule has 1 heterocycles. The van der Waals surface area contributed by atoms with Gasteiger partial charge in [-0.3, -0.25) is 4.79 Å². The van der Waals surface area contributed by atoms with E-state index < -0.39 is 43.4 Å². The van der Waals surface area contributed by atoms with Crippen molar-refractivity contribution in [3.8, 4) is 0 Å². The Labute approximate surface area is 433 Å². The van der Waals surface area contributed by atoms with Crippen molar-refractivity contribution in [1.82, 2.24) is 0 Å². The quantitative estimate of drug-likeness (QED) is 0.0347. The second-order valence-electron chi connectivity index (χ2n) is 21.9. The lowest BCUT2D eigenvalue weighted by Gasteiger charge is -2.39. The summed E-state index contributed by atoms with van der Waals surface area (Å²) in [6, 6.07) is 0. The van der Waals surface area contributed by atoms with Gasteiger partial charge in [0.1, 0.15) is 30.5 Å². The predicted molar refractivity (Wildman–Crippen MR) is 293 cm³/mol. The molecule has 0 aromatic carbocycles. The Kier molecular flexibility index (Phi) is 50.9. The second-order valence-corrected chi connectivity index (χ2v) is 21.9. The standard InChI is InChI=1S/C61H120O9/c1-3-5-7-9-11-13-15-17-19-21-23-25-26-27-28-29-31-33-35-37-39-41-43-45-47-49-51-67-53-55(54-68-61-60(66)59(65)58(64)56(52-62)70-61)69-57(63)50-48-46-44-42-40-38-36-34-32-30-24-22-20-18-16-14-12-10-8-6-4-2/h55-56,58-62,64-66H,3-54H2,1-2H3. The lowest BCUT2D eigenvalue weighted by molar-refractivity contribution is -0.305. The van der Waals surface area contributed by atoms with Crippen molar-refractivity contribution >= 4 is 5.97 Å². The molecule has 0 bridgehead atoms. The first-order chi connectivity index (χ1) is 34.4. The zero-order valence-electron chi connectivity index (χ0n) is 46.6. The van der Waals surface area contributed by atoms with Gasteiger partial charge in [-0.05, 0) is 12.8 Å². The predicted octanol–water partition coefficient (Wildman–Crippen LogP) is 16.5. The molecule has 9 nitrogen and oxygen atoms in total. The van der Waals surface area contributed by atoms with E-state index in [1.165, 1.54) is 270 Å². The summed E-state index contributed by atoms with van der Waals surface area (Å²) in [7, 11) is 0. The number of aliphatic hydroxyl groups excluding tert-OH is 4. The van der Waals surface area contributed by atoms with Gasteiger partial charge in [-0.25, -0.2) is 0 Å². The summed E-state index contributed by atoms with van der Waals surface area (Å²) in [6.07, 6.45) is 56.0. The molecule has 1 saturated heterocycles. The van der Waals surface area contributed by atoms with Gasteiger partial charge in [-0.2, -0.15) is 0 Å². The Balaban J connectivity index is 2.09. The van der Waals surface area contributed by atoms with Gasteiger partial charge in [0.05, 0.1) is 19.8 Å². The van der Waals surface area contributed by atoms with E-state index in [-0.39, 0.29) is 19.2 Å². The minimum absolute atomic E-state index is 0.104. The molecule has 1 aliphatic rings. The van der Waals surface area contributed by atoms with E-state index in [1.54, 1.807) is 0 Å². The molecule has 0 aliphatic carbocycles. The van der Waals surface area contributed by atoms with Gasteiger partial charge in [0.15, 0.2) is 6.29 Å². The normalized spacial score (nSPS) is 18.7. The third-order valence-corrected chi connectivity index (χ3v) is 15.0. The number of esters is 1. The average molecular weight is 998 g/mol. The highest BCUT2D eigenvalue weighted by atomic mass is 16.7. The van der Waals surface area contributed by atoms with Crippen LogP contribution in [0.4, 0.5) is 0 Å². The van der Waals surface area contributed by atoms with Gasteiger partial charge in [0, 0.05) is 13.0 Å². The molecule has 418 valence electrons. The summed E-state index contributed by atoms with van der Waals surface area (Å²) < 4.78 is 23.0. The Hall–Kier alpha value is -0.810. The highest BCUT2D eigenvalue weighted by molar-refractivity contribution is 5.69. The molecule has 0 radical (unpaired) electrons. The molecule has 9 heteroatoms. The van der Waals surface area contributed by atoms with E-state index in [4.69, 9.17) is 18.9 Å². The highest BCUT2D eigenvalue weighted by Crippen LogP contribution is 2.23. The van der Waals surface area contributed by atoms with Gasteiger partial charge >= 0.3 is 5.97 Å². The average Bonchev–Trinajstić information content (AvgIpc) is 3.36. The van der Waals surface area contributed by atoms with E-state index >= 15 is 0 Å². The van der Waals surface area contributed by atoms with Crippen molar-refractivity contribution in [1.29, 1.82) is 0 Å². The van der Waals surface area contributed by atoms with Gasteiger partial charge < -0.3 is 39.4 Å². The maximum absolute atomic E-state index is 12.9. The number of hydrogen-bond donors (Lipinski definition) is 4. The maximum Gasteiger partial charge on any atom is 0.306 e. The molecule has 1 rings (SSSR count). The maximum atomic E-state index is 12.9. The summed E-state index contributed by atoms with van der Waals surface area (Å²) in [4.78, 5) is 12.9. The first-order valence-corrected chi connectivity index (χ1v) is 31.1. The van der Waals surface area contributed by atoms with E-state index in [0.717, 1.165) is 32.1 Å². The molecule has 6 atom stereocenters. The number of carbonyl (C=O) groups is 1. The lowest BCUT2D eigenvalue weighted by Crippen LogP contribution is -2.59. The number of ether oxygens (including phenoxy) is 4. The summed E-state index contributed by atoms with van der Waals surface area (Å²) in [6.45, 7) is 4.66. The van der Waals surface area contributed by atoms with E-state index in [0.29, 0.717) is 13.0 Å². The molecule has 0 saturated carbocycles. The van der Waals surface area contributed by atoms with Crippen LogP contribution in [0.5, 0.6) is 0 Å². The van der Waals surface area contributed by atoms with E-state index in [9.17, 15) is 25.2 Å². The first-order valence-electron chi connectivity index (χ1n) is 31.1. The lowest BCUT2D eigenvalue weighted by atomic mass is 9.99. The summed E-state index contributed by atoms with van der Waals surface area (Å²) >= 11 is 0. The zero-order valence-corrected chi connectivity index (χ0v) is 46.6. The minimum atomic E-state index is -1.53. The molecule has 6 unspecified atom stereocenters. The van der Waals surface area contributed by atoms with Crippen LogP contribution in [0, 0.1) is 0 Å². The zero-order chi connectivity index (χ0) is 50.6. The van der Waals surface area contributed by atoms with Crippen LogP contribution >= 0.6 is 0 Å². The van der Waals surface area contributed by atoms with Gasteiger partial charge in [-0.15, -0.1) is 0 Å². The third kappa shape index (κ3) is 42.5. The SMILES string of the molecule is CCCCCCCCCCCCCCCCCCCCCCCCCCCCOCC(COC1OC(CO)C(O)C(O)C1O)OC(=O)CCCCCCCCCCCCCCCCCCCCCCC. The number of aliphatic hydroxyl groups is 4. The van der Waals surface area contributed by atoms with Crippen LogP contribution in [0.1, 0.15) is 322 Å². The van der Waals surface area contributed by atoms with Crippen molar-refractivity contribution < 1.29 is 44.2 Å². The summed E-state index contributed by atoms with van der Waals surface area (Å²) in [5, 5.41) is 40.4. The van der Waals surface area contributed by atoms with Crippen LogP contribution in [0.15, 0.2) is 0 Å². The second kappa shape index (κ2) is 53.0. The molecule has 0 aromatic rings. The molecule has 70 heavy (non-hydrogen) atoms. The molecule has 1 fully saturated rings. The van der Waals surface area contributed by atoms with Crippen LogP contribution in [0.2, 0.25) is 0 Å². The molecular formula is C61H120O9. The molecule has 0 amide bonds. The Bertz CT molecular complexity index is 1040. The molecular weight excluding hydrogens is 877 g/mol. The smallest absolute Gasteiger partial charge is 0.306 e. The van der Waals surface area contributed by atoms with Crippen molar-refractivity contribution in [2.24, 2.45) is 0 Å². The Morgan fingerprint density at radius 3 is 1.01 bits per heavy atom. The fraction of sp³-hybridized carbons (Fsp3) is 0.984. The Morgan fingerprint density at radius 1 is 0.400 bits per heavy atom. The van der Waals surface area contributed by atoms with Crippen LogP contribution < -0.4 is 0 Å². The molecule has 0 spiro atoms. The van der Waals surface area contributed by atoms with Gasteiger partial charge in [0.2, 0.25) is 0 Å². The van der Waals surface area contributed by atoms with Crippen LogP contribution in [0.25, 0.3) is 0 Å². The van der Waals surface area contributed by atoms with Gasteiger partial charge in [0.25, 0.3) is 0 Å². The largest absolute Gasteiger partial charge is 0.457 e. The number of carbonyl (C=O) groups excluding carboxylic acids is 1. The number of rotatable bonds is 56. The Morgan fingerprint density at radius 2 is 0.700 bits per heavy atom. The number of unbranched alkanes of at least 4 members (excludes halogenated alkanes) is 45. The van der Waals surface area contributed by atoms with Crippen molar-refractivity contribution in [3.05, 3.63) is 0 Å². The van der Waals surface area contributed by atoms with Crippen LogP contribution in [-0.2, 0) is 23.7 Å². The van der Waals surface area contributed by atoms with Crippen LogP contribution in [0.3, 0.4) is 0 Å². The summed E-state index contributed by atoms with van der Waals surface area (Å²) in [5.41, 5.74) is 0. The van der Waals surface area contributed by atoms with Crippen molar-refractivity contribution in [2.75, 3.05) is 26.4 Å². The molecule has 1 aliphatic heterocycles. The fourth-order valence-corrected chi connectivity index (χ4v) is 10.2. The van der Waals surface area contributed by atoms with Gasteiger partial charge in [-0.1, -0.05) is 303 Å². The topological polar surface area (TPSA) is 135 Å². The monoisotopic (exact) mass is 997 g/mol. The first kappa shape index (κ1) is 67.2. The van der Waals surface area contributed by atoms with Crippen molar-refractivity contribution in [3.63, 3.8) is 0 Å². The molecule has 0 aromatic heterocycles. The van der Waals surface area contributed by atoms with Crippen molar-refractivity contribution in [2.45, 2.75) is 359 Å². The minimum Gasteiger partial charge on any atom is -0.457 e. The van der Waals surface area contributed by atoms with Crippen LogP contribution in [-0.4, -0.2) is 89.6 Å². The summed E-state index contributed by atoms with van der Waals surface area (Å²) in [5.74, 6) is -0.302.